The Morgan fingerprint density at radius 2 is 2.08 bits per heavy atom. The molecule has 0 radical (unpaired) electrons. The quantitative estimate of drug-likeness (QED) is 0.448. The van der Waals surface area contributed by atoms with Crippen molar-refractivity contribution in [2.45, 2.75) is 13.0 Å². The molecular formula is C17H11ClF3N3O. The van der Waals surface area contributed by atoms with Gasteiger partial charge in [0.1, 0.15) is 12.4 Å². The van der Waals surface area contributed by atoms with Crippen molar-refractivity contribution in [2.24, 2.45) is 0 Å². The van der Waals surface area contributed by atoms with E-state index < -0.39 is 12.4 Å². The van der Waals surface area contributed by atoms with Gasteiger partial charge in [0.05, 0.1) is 30.0 Å². The standard InChI is InChI=1S/C17H11ClF3N3O/c1-22-12-3-4-13-11(16(12)18)8-14(17(20)21)24(13)6-7-25-10-2-5-15(19)23-9-10/h2-5,8-9,17H,6-7H2. The van der Waals surface area contributed by atoms with Crippen LogP contribution in [0, 0.1) is 12.5 Å². The van der Waals surface area contributed by atoms with Gasteiger partial charge in [-0.2, -0.15) is 4.39 Å². The third-order valence-corrected chi connectivity index (χ3v) is 4.06. The Bertz CT molecular complexity index is 948. The summed E-state index contributed by atoms with van der Waals surface area (Å²) in [4.78, 5) is 6.73. The van der Waals surface area contributed by atoms with Crippen LogP contribution in [0.25, 0.3) is 15.7 Å². The fourth-order valence-corrected chi connectivity index (χ4v) is 2.78. The second-order valence-corrected chi connectivity index (χ2v) is 5.51. The van der Waals surface area contributed by atoms with Gasteiger partial charge in [0.15, 0.2) is 0 Å². The fraction of sp³-hybridized carbons (Fsp3) is 0.176. The van der Waals surface area contributed by atoms with Crippen molar-refractivity contribution >= 4 is 28.2 Å². The highest BCUT2D eigenvalue weighted by atomic mass is 35.5. The molecule has 0 bridgehead atoms. The number of pyridine rings is 1. The predicted octanol–water partition coefficient (Wildman–Crippen LogP) is 5.40. The van der Waals surface area contributed by atoms with Crippen LogP contribution in [0.5, 0.6) is 5.75 Å². The molecule has 0 unspecified atom stereocenters. The average molecular weight is 366 g/mol. The predicted molar refractivity (Wildman–Crippen MR) is 87.9 cm³/mol. The van der Waals surface area contributed by atoms with Crippen LogP contribution in [0.4, 0.5) is 18.9 Å². The number of halogens is 4. The molecule has 2 heterocycles. The van der Waals surface area contributed by atoms with Crippen LogP contribution < -0.4 is 4.74 Å². The van der Waals surface area contributed by atoms with E-state index in [1.54, 1.807) is 6.07 Å². The summed E-state index contributed by atoms with van der Waals surface area (Å²) in [5.74, 6) is -0.293. The van der Waals surface area contributed by atoms with Crippen LogP contribution in [0.2, 0.25) is 5.02 Å². The summed E-state index contributed by atoms with van der Waals surface area (Å²) in [7, 11) is 0. The highest BCUT2D eigenvalue weighted by Gasteiger charge is 2.19. The maximum atomic E-state index is 13.4. The van der Waals surface area contributed by atoms with Gasteiger partial charge in [0.2, 0.25) is 11.6 Å². The summed E-state index contributed by atoms with van der Waals surface area (Å²) in [5, 5.41) is 0.547. The van der Waals surface area contributed by atoms with Gasteiger partial charge in [0, 0.05) is 10.9 Å². The highest BCUT2D eigenvalue weighted by Crippen LogP contribution is 2.37. The van der Waals surface area contributed by atoms with Crippen molar-refractivity contribution in [3.05, 3.63) is 64.6 Å². The Morgan fingerprint density at radius 3 is 2.72 bits per heavy atom. The molecule has 8 heteroatoms. The molecule has 3 aromatic rings. The summed E-state index contributed by atoms with van der Waals surface area (Å²) < 4.78 is 46.3. The van der Waals surface area contributed by atoms with Crippen LogP contribution >= 0.6 is 11.6 Å². The zero-order valence-electron chi connectivity index (χ0n) is 12.7. The monoisotopic (exact) mass is 365 g/mol. The Hall–Kier alpha value is -2.72. The first-order valence-corrected chi connectivity index (χ1v) is 7.60. The van der Waals surface area contributed by atoms with E-state index in [1.807, 2.05) is 0 Å². The maximum absolute atomic E-state index is 13.4. The Kier molecular flexibility index (Phi) is 4.81. The molecule has 0 aliphatic rings. The minimum absolute atomic E-state index is 0.0823. The first-order chi connectivity index (χ1) is 12.0. The van der Waals surface area contributed by atoms with Gasteiger partial charge in [-0.3, -0.25) is 0 Å². The lowest BCUT2D eigenvalue weighted by Crippen LogP contribution is -2.11. The number of hydrogen-bond acceptors (Lipinski definition) is 2. The summed E-state index contributed by atoms with van der Waals surface area (Å²) in [6, 6.07) is 6.92. The molecule has 0 N–H and O–H groups in total. The molecule has 0 atom stereocenters. The molecule has 0 aliphatic heterocycles. The number of aromatic nitrogens is 2. The van der Waals surface area contributed by atoms with E-state index >= 15 is 0 Å². The largest absolute Gasteiger partial charge is 0.490 e. The summed E-state index contributed by atoms with van der Waals surface area (Å²) in [6.45, 7) is 7.27. The second kappa shape index (κ2) is 7.03. The molecule has 0 spiro atoms. The number of hydrogen-bond donors (Lipinski definition) is 0. The lowest BCUT2D eigenvalue weighted by atomic mass is 10.2. The summed E-state index contributed by atoms with van der Waals surface area (Å²) in [6.07, 6.45) is -1.48. The highest BCUT2D eigenvalue weighted by molar-refractivity contribution is 6.38. The molecule has 1 aromatic carbocycles. The van der Waals surface area contributed by atoms with Crippen LogP contribution in [-0.4, -0.2) is 16.2 Å². The van der Waals surface area contributed by atoms with Crippen molar-refractivity contribution < 1.29 is 17.9 Å². The van der Waals surface area contributed by atoms with Crippen molar-refractivity contribution in [1.82, 2.24) is 9.55 Å². The second-order valence-electron chi connectivity index (χ2n) is 5.13. The van der Waals surface area contributed by atoms with E-state index in [0.717, 1.165) is 6.07 Å². The van der Waals surface area contributed by atoms with Crippen LogP contribution in [-0.2, 0) is 6.54 Å². The van der Waals surface area contributed by atoms with E-state index in [9.17, 15) is 13.2 Å². The number of benzene rings is 1. The number of nitrogens with zero attached hydrogens (tertiary/aromatic N) is 3. The van der Waals surface area contributed by atoms with Crippen LogP contribution in [0.3, 0.4) is 0 Å². The first-order valence-electron chi connectivity index (χ1n) is 7.23. The van der Waals surface area contributed by atoms with Gasteiger partial charge < -0.3 is 9.30 Å². The van der Waals surface area contributed by atoms with Gasteiger partial charge in [0.25, 0.3) is 6.43 Å². The first kappa shape index (κ1) is 17.1. The van der Waals surface area contributed by atoms with Crippen molar-refractivity contribution in [2.75, 3.05) is 6.61 Å². The zero-order chi connectivity index (χ0) is 18.0. The molecule has 0 fully saturated rings. The molecule has 4 nitrogen and oxygen atoms in total. The molecule has 128 valence electrons. The summed E-state index contributed by atoms with van der Waals surface area (Å²) >= 11 is 6.13. The number of alkyl halides is 2. The smallest absolute Gasteiger partial charge is 0.278 e. The normalized spacial score (nSPS) is 11.0. The lowest BCUT2D eigenvalue weighted by molar-refractivity contribution is 0.140. The van der Waals surface area contributed by atoms with Crippen molar-refractivity contribution in [3.8, 4) is 5.75 Å². The third kappa shape index (κ3) is 3.39. The fourth-order valence-electron chi connectivity index (χ4n) is 2.53. The number of ether oxygens (including phenoxy) is 1. The van der Waals surface area contributed by atoms with Crippen LogP contribution in [0.15, 0.2) is 36.5 Å². The minimum atomic E-state index is -2.70. The van der Waals surface area contributed by atoms with Gasteiger partial charge in [-0.05, 0) is 24.3 Å². The zero-order valence-corrected chi connectivity index (χ0v) is 13.5. The molecule has 0 saturated carbocycles. The average Bonchev–Trinajstić information content (AvgIpc) is 2.97. The SMILES string of the molecule is [C-]#[N+]c1ccc2c(cc(C(F)F)n2CCOc2ccc(F)nc2)c1Cl. The van der Waals surface area contributed by atoms with Crippen LogP contribution in [0.1, 0.15) is 12.1 Å². The van der Waals surface area contributed by atoms with Gasteiger partial charge in [-0.1, -0.05) is 17.7 Å². The molecule has 3 rings (SSSR count). The molecule has 0 amide bonds. The van der Waals surface area contributed by atoms with E-state index in [0.29, 0.717) is 16.7 Å². The van der Waals surface area contributed by atoms with E-state index in [4.69, 9.17) is 22.9 Å². The molecule has 2 aromatic heterocycles. The third-order valence-electron chi connectivity index (χ3n) is 3.66. The molecule has 0 saturated heterocycles. The Labute approximate surface area is 146 Å². The lowest BCUT2D eigenvalue weighted by Gasteiger charge is -2.11. The molecular weight excluding hydrogens is 355 g/mol. The topological polar surface area (TPSA) is 31.4 Å². The van der Waals surface area contributed by atoms with Crippen molar-refractivity contribution in [3.63, 3.8) is 0 Å². The molecule has 25 heavy (non-hydrogen) atoms. The maximum Gasteiger partial charge on any atom is 0.278 e. The van der Waals surface area contributed by atoms with Crippen molar-refractivity contribution in [1.29, 1.82) is 0 Å². The van der Waals surface area contributed by atoms with E-state index in [-0.39, 0.29) is 29.6 Å². The summed E-state index contributed by atoms with van der Waals surface area (Å²) in [5.41, 5.74) is 0.495. The van der Waals surface area contributed by atoms with Gasteiger partial charge in [-0.25, -0.2) is 18.6 Å². The number of fused-ring (bicyclic) bond motifs is 1. The van der Waals surface area contributed by atoms with Gasteiger partial charge >= 0.3 is 0 Å². The van der Waals surface area contributed by atoms with E-state index in [1.165, 1.54) is 29.0 Å². The Balaban J connectivity index is 1.89. The molecule has 0 aliphatic carbocycles. The minimum Gasteiger partial charge on any atom is -0.490 e. The Morgan fingerprint density at radius 1 is 1.28 bits per heavy atom. The number of rotatable bonds is 5. The van der Waals surface area contributed by atoms with E-state index in [2.05, 4.69) is 9.83 Å². The van der Waals surface area contributed by atoms with Gasteiger partial charge in [-0.15, -0.1) is 0 Å².